The molecule has 2 aromatic rings. The Morgan fingerprint density at radius 2 is 1.75 bits per heavy atom. The molecule has 0 unspecified atom stereocenters. The summed E-state index contributed by atoms with van der Waals surface area (Å²) < 4.78 is 0. The molecule has 0 saturated carbocycles. The first-order chi connectivity index (χ1) is 15.4. The van der Waals surface area contributed by atoms with Crippen molar-refractivity contribution in [1.29, 1.82) is 0 Å². The fourth-order valence-corrected chi connectivity index (χ4v) is 4.88. The fraction of sp³-hybridized carbons (Fsp3) is 0.500. The van der Waals surface area contributed by atoms with Gasteiger partial charge in [0, 0.05) is 68.4 Å². The molecule has 0 atom stereocenters. The highest BCUT2D eigenvalue weighted by Crippen LogP contribution is 2.25. The number of hydrogen-bond donors (Lipinski definition) is 1. The lowest BCUT2D eigenvalue weighted by Crippen LogP contribution is -2.49. The Balaban J connectivity index is 1.26. The lowest BCUT2D eigenvalue weighted by atomic mass is 10.1. The summed E-state index contributed by atoms with van der Waals surface area (Å²) >= 11 is 7.52. The van der Waals surface area contributed by atoms with Crippen LogP contribution in [0.25, 0.3) is 0 Å². The number of likely N-dealkylation sites (N-methyl/N-ethyl adjacent to an activating group) is 1. The Morgan fingerprint density at radius 1 is 1.06 bits per heavy atom. The largest absolute Gasteiger partial charge is 0.368 e. The van der Waals surface area contributed by atoms with Crippen molar-refractivity contribution in [3.8, 4) is 0 Å². The molecule has 8 nitrogen and oxygen atoms in total. The monoisotopic (exact) mass is 476 g/mol. The summed E-state index contributed by atoms with van der Waals surface area (Å²) in [5.74, 6) is 0.0645. The van der Waals surface area contributed by atoms with Gasteiger partial charge < -0.3 is 19.6 Å². The predicted octanol–water partition coefficient (Wildman–Crippen LogP) is 2.78. The van der Waals surface area contributed by atoms with Crippen molar-refractivity contribution in [2.75, 3.05) is 69.6 Å². The third kappa shape index (κ3) is 5.51. The van der Waals surface area contributed by atoms with E-state index in [0.717, 1.165) is 36.9 Å². The molecule has 3 amide bonds. The van der Waals surface area contributed by atoms with Gasteiger partial charge in [-0.15, -0.1) is 11.3 Å². The molecule has 1 aromatic carbocycles. The highest BCUT2D eigenvalue weighted by Gasteiger charge is 2.24. The van der Waals surface area contributed by atoms with E-state index >= 15 is 0 Å². The zero-order valence-electron chi connectivity index (χ0n) is 18.5. The topological polar surface area (TPSA) is 72.0 Å². The van der Waals surface area contributed by atoms with Crippen LogP contribution in [0.4, 0.5) is 15.6 Å². The molecule has 4 rings (SSSR count). The average Bonchev–Trinajstić information content (AvgIpc) is 3.22. The van der Waals surface area contributed by atoms with E-state index in [0.29, 0.717) is 37.0 Å². The summed E-state index contributed by atoms with van der Waals surface area (Å²) in [4.78, 5) is 37.8. The molecule has 1 N–H and O–H groups in total. The highest BCUT2D eigenvalue weighted by atomic mass is 35.5. The van der Waals surface area contributed by atoms with Gasteiger partial charge in [0.1, 0.15) is 0 Å². The first-order valence-electron chi connectivity index (χ1n) is 10.9. The molecular weight excluding hydrogens is 448 g/mol. The first-order valence-corrected chi connectivity index (χ1v) is 12.1. The minimum absolute atomic E-state index is 0.0645. The van der Waals surface area contributed by atoms with Crippen LogP contribution in [0.15, 0.2) is 23.6 Å². The molecule has 10 heteroatoms. The molecule has 0 radical (unpaired) electrons. The van der Waals surface area contributed by atoms with E-state index in [1.807, 2.05) is 28.5 Å². The Kier molecular flexibility index (Phi) is 7.17. The van der Waals surface area contributed by atoms with E-state index in [1.165, 1.54) is 16.9 Å². The Morgan fingerprint density at radius 3 is 2.47 bits per heavy atom. The van der Waals surface area contributed by atoms with Gasteiger partial charge in [0.25, 0.3) is 0 Å². The molecule has 2 aliphatic heterocycles. The van der Waals surface area contributed by atoms with Crippen LogP contribution in [-0.4, -0.2) is 91.0 Å². The number of nitrogens with zero attached hydrogens (tertiary/aromatic N) is 5. The second-order valence-corrected chi connectivity index (χ2v) is 9.63. The molecular formula is C22H29ClN6O2S. The lowest BCUT2D eigenvalue weighted by molar-refractivity contribution is -0.130. The number of urea groups is 1. The number of anilines is 2. The van der Waals surface area contributed by atoms with Gasteiger partial charge in [0.05, 0.1) is 12.1 Å². The number of halogens is 1. The zero-order valence-corrected chi connectivity index (χ0v) is 20.1. The van der Waals surface area contributed by atoms with Crippen LogP contribution in [0.2, 0.25) is 5.02 Å². The predicted molar refractivity (Wildman–Crippen MR) is 129 cm³/mol. The van der Waals surface area contributed by atoms with E-state index in [9.17, 15) is 9.59 Å². The summed E-state index contributed by atoms with van der Waals surface area (Å²) in [7, 11) is 2.05. The standard InChI is InChI=1S/C22H29ClN6O2S/c1-16-3-4-17(23)13-19(16)27-9-11-28(12-10-27)20(30)14-18-15-32-21(24-18)25-22(31)29-7-5-26(2)6-8-29/h3-4,13,15H,5-12,14H2,1-2H3,(H,24,25,31). The maximum absolute atomic E-state index is 12.8. The van der Waals surface area contributed by atoms with Crippen molar-refractivity contribution >= 4 is 45.7 Å². The molecule has 2 aliphatic rings. The van der Waals surface area contributed by atoms with Crippen molar-refractivity contribution in [2.24, 2.45) is 0 Å². The molecule has 3 heterocycles. The molecule has 2 fully saturated rings. The van der Waals surface area contributed by atoms with Gasteiger partial charge in [0.15, 0.2) is 5.13 Å². The number of carbonyl (C=O) groups excluding carboxylic acids is 2. The van der Waals surface area contributed by atoms with Crippen LogP contribution in [0.3, 0.4) is 0 Å². The molecule has 32 heavy (non-hydrogen) atoms. The second-order valence-electron chi connectivity index (χ2n) is 8.34. The van der Waals surface area contributed by atoms with Crippen LogP contribution in [0, 0.1) is 6.92 Å². The number of carbonyl (C=O) groups is 2. The lowest BCUT2D eigenvalue weighted by Gasteiger charge is -2.36. The number of benzene rings is 1. The van der Waals surface area contributed by atoms with Crippen LogP contribution in [-0.2, 0) is 11.2 Å². The average molecular weight is 477 g/mol. The van der Waals surface area contributed by atoms with Gasteiger partial charge in [-0.3, -0.25) is 10.1 Å². The summed E-state index contributed by atoms with van der Waals surface area (Å²) in [5, 5.41) is 5.98. The number of nitrogens with one attached hydrogen (secondary N) is 1. The Labute approximate surface area is 197 Å². The highest BCUT2D eigenvalue weighted by molar-refractivity contribution is 7.13. The number of amides is 3. The van der Waals surface area contributed by atoms with Gasteiger partial charge in [-0.1, -0.05) is 17.7 Å². The van der Waals surface area contributed by atoms with Gasteiger partial charge in [-0.25, -0.2) is 9.78 Å². The van der Waals surface area contributed by atoms with Gasteiger partial charge in [-0.2, -0.15) is 0 Å². The third-order valence-corrected chi connectivity index (χ3v) is 7.07. The molecule has 172 valence electrons. The molecule has 0 bridgehead atoms. The third-order valence-electron chi connectivity index (χ3n) is 6.03. The van der Waals surface area contributed by atoms with Crippen molar-refractivity contribution in [3.05, 3.63) is 39.9 Å². The van der Waals surface area contributed by atoms with Gasteiger partial charge in [0.2, 0.25) is 5.91 Å². The quantitative estimate of drug-likeness (QED) is 0.734. The van der Waals surface area contributed by atoms with Gasteiger partial charge >= 0.3 is 6.03 Å². The van der Waals surface area contributed by atoms with Crippen LogP contribution >= 0.6 is 22.9 Å². The van der Waals surface area contributed by atoms with E-state index in [-0.39, 0.29) is 18.4 Å². The maximum atomic E-state index is 12.8. The smallest absolute Gasteiger partial charge is 0.323 e. The van der Waals surface area contributed by atoms with E-state index in [4.69, 9.17) is 11.6 Å². The van der Waals surface area contributed by atoms with Crippen LogP contribution < -0.4 is 10.2 Å². The molecule has 0 spiro atoms. The molecule has 1 aromatic heterocycles. The molecule has 2 saturated heterocycles. The minimum atomic E-state index is -0.127. The van der Waals surface area contributed by atoms with Crippen molar-refractivity contribution < 1.29 is 9.59 Å². The zero-order chi connectivity index (χ0) is 22.7. The minimum Gasteiger partial charge on any atom is -0.368 e. The van der Waals surface area contributed by atoms with E-state index in [1.54, 1.807) is 4.90 Å². The van der Waals surface area contributed by atoms with Gasteiger partial charge in [-0.05, 0) is 31.7 Å². The normalized spacial score (nSPS) is 17.5. The Bertz CT molecular complexity index is 967. The second kappa shape index (κ2) is 10.1. The number of hydrogen-bond acceptors (Lipinski definition) is 6. The SMILES string of the molecule is Cc1ccc(Cl)cc1N1CCN(C(=O)Cc2csc(NC(=O)N3CCN(C)CC3)n2)CC1. The van der Waals surface area contributed by atoms with Crippen molar-refractivity contribution in [1.82, 2.24) is 19.7 Å². The van der Waals surface area contributed by atoms with Crippen LogP contribution in [0.5, 0.6) is 0 Å². The summed E-state index contributed by atoms with van der Waals surface area (Å²) in [5.41, 5.74) is 3.01. The van der Waals surface area contributed by atoms with E-state index in [2.05, 4.69) is 34.1 Å². The molecule has 0 aliphatic carbocycles. The van der Waals surface area contributed by atoms with Crippen molar-refractivity contribution in [3.63, 3.8) is 0 Å². The summed E-state index contributed by atoms with van der Waals surface area (Å²) in [6.07, 6.45) is 0.247. The van der Waals surface area contributed by atoms with Crippen LogP contribution in [0.1, 0.15) is 11.3 Å². The Hall–Kier alpha value is -2.36. The number of thiazole rings is 1. The number of aromatic nitrogens is 1. The number of aryl methyl sites for hydroxylation is 1. The van der Waals surface area contributed by atoms with E-state index < -0.39 is 0 Å². The summed E-state index contributed by atoms with van der Waals surface area (Å²) in [6.45, 7) is 8.12. The fourth-order valence-electron chi connectivity index (χ4n) is 4.01. The number of piperazine rings is 2. The number of rotatable bonds is 4. The van der Waals surface area contributed by atoms with Crippen molar-refractivity contribution in [2.45, 2.75) is 13.3 Å². The summed E-state index contributed by atoms with van der Waals surface area (Å²) in [6, 6.07) is 5.78. The maximum Gasteiger partial charge on any atom is 0.323 e. The first kappa shape index (κ1) is 22.8.